The van der Waals surface area contributed by atoms with Crippen LogP contribution in [0.1, 0.15) is 38.0 Å². The van der Waals surface area contributed by atoms with Crippen LogP contribution in [0.2, 0.25) is 0 Å². The summed E-state index contributed by atoms with van der Waals surface area (Å²) >= 11 is 0. The second-order valence-corrected chi connectivity index (χ2v) is 4.36. The Labute approximate surface area is 92.1 Å². The first kappa shape index (κ1) is 12.1. The predicted octanol–water partition coefficient (Wildman–Crippen LogP) is 1.87. The fraction of sp³-hybridized carbons (Fsp3) is 0.667. The van der Waals surface area contributed by atoms with Crippen molar-refractivity contribution < 1.29 is 0 Å². The normalized spacial score (nSPS) is 13.2. The molecule has 84 valence electrons. The van der Waals surface area contributed by atoms with Gasteiger partial charge in [-0.05, 0) is 25.3 Å². The molecule has 0 saturated carbocycles. The first-order chi connectivity index (χ1) is 7.02. The van der Waals surface area contributed by atoms with Gasteiger partial charge in [0.2, 0.25) is 0 Å². The van der Waals surface area contributed by atoms with Crippen molar-refractivity contribution in [1.82, 2.24) is 9.97 Å². The van der Waals surface area contributed by atoms with Gasteiger partial charge in [-0.25, -0.2) is 9.97 Å². The molecule has 1 atom stereocenters. The molecule has 0 amide bonds. The number of nitrogens with two attached hydrogens (primary N) is 1. The molecule has 0 fully saturated rings. The lowest BCUT2D eigenvalue weighted by molar-refractivity contribution is 0.485. The standard InChI is InChI=1S/C12H21N3/c1-5-10-6-11(15-9(4)14-10)7-12(13)8(2)3/h6,8,12H,5,7,13H2,1-4H3. The number of aryl methyl sites for hydroxylation is 2. The van der Waals surface area contributed by atoms with Crippen LogP contribution < -0.4 is 5.73 Å². The van der Waals surface area contributed by atoms with Crippen LogP contribution in [0.4, 0.5) is 0 Å². The van der Waals surface area contributed by atoms with Gasteiger partial charge in [0.25, 0.3) is 0 Å². The molecule has 2 N–H and O–H groups in total. The van der Waals surface area contributed by atoms with Crippen molar-refractivity contribution in [3.8, 4) is 0 Å². The molecule has 0 bridgehead atoms. The highest BCUT2D eigenvalue weighted by Gasteiger charge is 2.10. The van der Waals surface area contributed by atoms with Crippen molar-refractivity contribution >= 4 is 0 Å². The monoisotopic (exact) mass is 207 g/mol. The lowest BCUT2D eigenvalue weighted by atomic mass is 10.00. The minimum absolute atomic E-state index is 0.184. The van der Waals surface area contributed by atoms with E-state index in [1.165, 1.54) is 0 Å². The Hall–Kier alpha value is -0.960. The van der Waals surface area contributed by atoms with Gasteiger partial charge in [0.1, 0.15) is 5.82 Å². The Bertz CT molecular complexity index is 321. The molecule has 0 spiro atoms. The highest BCUT2D eigenvalue weighted by atomic mass is 14.9. The summed E-state index contributed by atoms with van der Waals surface area (Å²) in [4.78, 5) is 8.77. The average Bonchev–Trinajstić information content (AvgIpc) is 2.16. The lowest BCUT2D eigenvalue weighted by Gasteiger charge is -2.15. The second-order valence-electron chi connectivity index (χ2n) is 4.36. The lowest BCUT2D eigenvalue weighted by Crippen LogP contribution is -2.29. The number of hydrogen-bond donors (Lipinski definition) is 1. The topological polar surface area (TPSA) is 51.8 Å². The highest BCUT2D eigenvalue weighted by molar-refractivity contribution is 5.12. The third-order valence-corrected chi connectivity index (χ3v) is 2.61. The van der Waals surface area contributed by atoms with Crippen molar-refractivity contribution in [2.45, 2.75) is 46.6 Å². The summed E-state index contributed by atoms with van der Waals surface area (Å²) in [6.07, 6.45) is 1.79. The van der Waals surface area contributed by atoms with Crippen molar-refractivity contribution in [1.29, 1.82) is 0 Å². The van der Waals surface area contributed by atoms with Crippen LogP contribution >= 0.6 is 0 Å². The molecule has 15 heavy (non-hydrogen) atoms. The molecule has 1 unspecified atom stereocenters. The first-order valence-corrected chi connectivity index (χ1v) is 5.62. The number of rotatable bonds is 4. The van der Waals surface area contributed by atoms with E-state index in [1.54, 1.807) is 0 Å². The smallest absolute Gasteiger partial charge is 0.125 e. The maximum Gasteiger partial charge on any atom is 0.125 e. The average molecular weight is 207 g/mol. The van der Waals surface area contributed by atoms with E-state index < -0.39 is 0 Å². The van der Waals surface area contributed by atoms with Crippen LogP contribution in [-0.4, -0.2) is 16.0 Å². The Morgan fingerprint density at radius 2 is 1.87 bits per heavy atom. The van der Waals surface area contributed by atoms with Crippen molar-refractivity contribution in [2.75, 3.05) is 0 Å². The molecule has 0 aliphatic carbocycles. The molecule has 0 aliphatic heterocycles. The first-order valence-electron chi connectivity index (χ1n) is 5.62. The van der Waals surface area contributed by atoms with Crippen LogP contribution in [0.25, 0.3) is 0 Å². The third-order valence-electron chi connectivity index (χ3n) is 2.61. The SMILES string of the molecule is CCc1cc(CC(N)C(C)C)nc(C)n1. The van der Waals surface area contributed by atoms with Crippen LogP contribution in [-0.2, 0) is 12.8 Å². The summed E-state index contributed by atoms with van der Waals surface area (Å²) in [5.74, 6) is 1.34. The fourth-order valence-corrected chi connectivity index (χ4v) is 1.46. The molecule has 1 aromatic heterocycles. The molecular weight excluding hydrogens is 186 g/mol. The Morgan fingerprint density at radius 3 is 2.40 bits per heavy atom. The van der Waals surface area contributed by atoms with Crippen LogP contribution in [0.5, 0.6) is 0 Å². The van der Waals surface area contributed by atoms with Crippen LogP contribution in [0.15, 0.2) is 6.07 Å². The molecule has 1 rings (SSSR count). The van der Waals surface area contributed by atoms with E-state index >= 15 is 0 Å². The van der Waals surface area contributed by atoms with Gasteiger partial charge in [0.05, 0.1) is 0 Å². The molecule has 0 aliphatic rings. The van der Waals surface area contributed by atoms with E-state index in [0.717, 1.165) is 30.1 Å². The van der Waals surface area contributed by atoms with E-state index in [0.29, 0.717) is 5.92 Å². The molecule has 3 heteroatoms. The van der Waals surface area contributed by atoms with E-state index in [1.807, 2.05) is 6.92 Å². The fourth-order valence-electron chi connectivity index (χ4n) is 1.46. The highest BCUT2D eigenvalue weighted by Crippen LogP contribution is 2.08. The van der Waals surface area contributed by atoms with Gasteiger partial charge < -0.3 is 5.73 Å². The molecule has 0 saturated heterocycles. The van der Waals surface area contributed by atoms with Gasteiger partial charge in [-0.3, -0.25) is 0 Å². The third kappa shape index (κ3) is 3.59. The zero-order valence-electron chi connectivity index (χ0n) is 10.1. The molecular formula is C12H21N3. The zero-order chi connectivity index (χ0) is 11.4. The Kier molecular flexibility index (Phi) is 4.21. The van der Waals surface area contributed by atoms with Gasteiger partial charge in [0, 0.05) is 23.9 Å². The van der Waals surface area contributed by atoms with E-state index in [4.69, 9.17) is 5.73 Å². The van der Waals surface area contributed by atoms with E-state index in [9.17, 15) is 0 Å². The second kappa shape index (κ2) is 5.21. The zero-order valence-corrected chi connectivity index (χ0v) is 10.1. The van der Waals surface area contributed by atoms with Gasteiger partial charge in [-0.1, -0.05) is 20.8 Å². The molecule has 1 heterocycles. The minimum Gasteiger partial charge on any atom is -0.327 e. The molecule has 0 radical (unpaired) electrons. The van der Waals surface area contributed by atoms with Crippen LogP contribution in [0, 0.1) is 12.8 Å². The summed E-state index contributed by atoms with van der Waals surface area (Å²) in [6.45, 7) is 8.32. The molecule has 0 aromatic carbocycles. The van der Waals surface area contributed by atoms with E-state index in [2.05, 4.69) is 36.8 Å². The summed E-state index contributed by atoms with van der Waals surface area (Å²) in [5.41, 5.74) is 8.20. The van der Waals surface area contributed by atoms with Crippen molar-refractivity contribution in [2.24, 2.45) is 11.7 Å². The summed E-state index contributed by atoms with van der Waals surface area (Å²) in [6, 6.07) is 2.25. The van der Waals surface area contributed by atoms with Crippen LogP contribution in [0.3, 0.4) is 0 Å². The number of nitrogens with zero attached hydrogens (tertiary/aromatic N) is 2. The number of aromatic nitrogens is 2. The van der Waals surface area contributed by atoms with Gasteiger partial charge >= 0.3 is 0 Å². The number of hydrogen-bond acceptors (Lipinski definition) is 3. The van der Waals surface area contributed by atoms with Gasteiger partial charge in [-0.2, -0.15) is 0 Å². The largest absolute Gasteiger partial charge is 0.327 e. The summed E-state index contributed by atoms with van der Waals surface area (Å²) in [5, 5.41) is 0. The molecule has 3 nitrogen and oxygen atoms in total. The maximum absolute atomic E-state index is 6.03. The predicted molar refractivity (Wildman–Crippen MR) is 62.7 cm³/mol. The quantitative estimate of drug-likeness (QED) is 0.820. The summed E-state index contributed by atoms with van der Waals surface area (Å²) in [7, 11) is 0. The van der Waals surface area contributed by atoms with E-state index in [-0.39, 0.29) is 6.04 Å². The summed E-state index contributed by atoms with van der Waals surface area (Å²) < 4.78 is 0. The minimum atomic E-state index is 0.184. The van der Waals surface area contributed by atoms with Crippen molar-refractivity contribution in [3.63, 3.8) is 0 Å². The van der Waals surface area contributed by atoms with Gasteiger partial charge in [0.15, 0.2) is 0 Å². The Balaban J connectivity index is 2.80. The Morgan fingerprint density at radius 1 is 1.27 bits per heavy atom. The molecule has 1 aromatic rings. The van der Waals surface area contributed by atoms with Gasteiger partial charge in [-0.15, -0.1) is 0 Å². The maximum atomic E-state index is 6.03. The van der Waals surface area contributed by atoms with Crippen molar-refractivity contribution in [3.05, 3.63) is 23.3 Å².